The number of phenolic OH excluding ortho intramolecular Hbond substituents is 2. The van der Waals surface area contributed by atoms with Crippen molar-refractivity contribution < 1.29 is 19.3 Å². The summed E-state index contributed by atoms with van der Waals surface area (Å²) in [6.45, 7) is 0.213. The van der Waals surface area contributed by atoms with Gasteiger partial charge in [-0.05, 0) is 30.7 Å². The minimum absolute atomic E-state index is 0.0460. The number of rotatable bonds is 4. The van der Waals surface area contributed by atoms with Crippen LogP contribution in [-0.4, -0.2) is 23.9 Å². The summed E-state index contributed by atoms with van der Waals surface area (Å²) < 4.78 is 18.2. The van der Waals surface area contributed by atoms with Gasteiger partial charge in [0.05, 0.1) is 7.11 Å². The van der Waals surface area contributed by atoms with Crippen molar-refractivity contribution in [1.82, 2.24) is 0 Å². The molecule has 84 valence electrons. The molecule has 0 aromatic heterocycles. The number of halogens is 1. The maximum Gasteiger partial charge on any atom is 0.200 e. The van der Waals surface area contributed by atoms with Crippen molar-refractivity contribution in [3.05, 3.63) is 17.7 Å². The first kappa shape index (κ1) is 11.6. The lowest BCUT2D eigenvalue weighted by atomic mass is 10.1. The highest BCUT2D eigenvalue weighted by atomic mass is 19.1. The summed E-state index contributed by atoms with van der Waals surface area (Å²) >= 11 is 0. The first-order chi connectivity index (χ1) is 7.10. The first-order valence-corrected chi connectivity index (χ1v) is 4.54. The summed E-state index contributed by atoms with van der Waals surface area (Å²) in [6, 6.07) is 2.51. The molecule has 0 saturated heterocycles. The molecular formula is C10H14FNO3. The Hall–Kier alpha value is -1.49. The van der Waals surface area contributed by atoms with Gasteiger partial charge in [-0.25, -0.2) is 4.39 Å². The molecule has 1 aromatic carbocycles. The average Bonchev–Trinajstić information content (AvgIpc) is 2.22. The molecule has 4 N–H and O–H groups in total. The van der Waals surface area contributed by atoms with Crippen molar-refractivity contribution >= 4 is 0 Å². The number of nitrogens with two attached hydrogens (primary N) is 1. The highest BCUT2D eigenvalue weighted by Crippen LogP contribution is 2.39. The molecule has 1 rings (SSSR count). The van der Waals surface area contributed by atoms with Gasteiger partial charge in [-0.1, -0.05) is 0 Å². The number of methoxy groups -OCH3 is 1. The van der Waals surface area contributed by atoms with Gasteiger partial charge < -0.3 is 20.7 Å². The molecule has 0 spiro atoms. The van der Waals surface area contributed by atoms with E-state index in [0.717, 1.165) is 6.07 Å². The predicted molar refractivity (Wildman–Crippen MR) is 53.8 cm³/mol. The van der Waals surface area contributed by atoms with Gasteiger partial charge in [-0.2, -0.15) is 0 Å². The predicted octanol–water partition coefficient (Wildman–Crippen LogP) is 1.47. The van der Waals surface area contributed by atoms with Gasteiger partial charge in [0, 0.05) is 0 Å². The molecule has 0 amide bonds. The Morgan fingerprint density at radius 3 is 2.67 bits per heavy atom. The van der Waals surface area contributed by atoms with Crippen LogP contribution >= 0.6 is 0 Å². The van der Waals surface area contributed by atoms with E-state index in [1.165, 1.54) is 13.2 Å². The largest absolute Gasteiger partial charge is 0.504 e. The van der Waals surface area contributed by atoms with Crippen molar-refractivity contribution in [2.24, 2.45) is 5.73 Å². The zero-order chi connectivity index (χ0) is 11.4. The normalized spacial score (nSPS) is 12.5. The van der Waals surface area contributed by atoms with Gasteiger partial charge in [-0.15, -0.1) is 0 Å². The van der Waals surface area contributed by atoms with Crippen molar-refractivity contribution in [2.75, 3.05) is 13.7 Å². The summed E-state index contributed by atoms with van der Waals surface area (Å²) in [5.74, 6) is -0.741. The fraction of sp³-hybridized carbons (Fsp3) is 0.400. The lowest BCUT2D eigenvalue weighted by molar-refractivity contribution is 0.317. The lowest BCUT2D eigenvalue weighted by Crippen LogP contribution is -2.03. The fourth-order valence-electron chi connectivity index (χ4n) is 1.26. The molecule has 0 radical (unpaired) electrons. The molecule has 15 heavy (non-hydrogen) atoms. The first-order valence-electron chi connectivity index (χ1n) is 4.54. The Bertz CT molecular complexity index is 344. The van der Waals surface area contributed by atoms with E-state index < -0.39 is 11.9 Å². The molecule has 1 aromatic rings. The molecule has 0 fully saturated rings. The summed E-state index contributed by atoms with van der Waals surface area (Å²) in [5, 5.41) is 18.6. The van der Waals surface area contributed by atoms with Crippen molar-refractivity contribution in [1.29, 1.82) is 0 Å². The van der Waals surface area contributed by atoms with E-state index in [1.54, 1.807) is 0 Å². The van der Waals surface area contributed by atoms with Crippen LogP contribution in [0.15, 0.2) is 12.1 Å². The quantitative estimate of drug-likeness (QED) is 0.665. The zero-order valence-electron chi connectivity index (χ0n) is 8.40. The summed E-state index contributed by atoms with van der Waals surface area (Å²) in [7, 11) is 1.33. The van der Waals surface area contributed by atoms with Crippen LogP contribution in [0.4, 0.5) is 4.39 Å². The number of hydrogen-bond donors (Lipinski definition) is 3. The number of phenols is 2. The van der Waals surface area contributed by atoms with E-state index in [2.05, 4.69) is 0 Å². The topological polar surface area (TPSA) is 75.7 Å². The molecule has 1 unspecified atom stereocenters. The molecule has 0 aliphatic heterocycles. The Morgan fingerprint density at radius 1 is 1.47 bits per heavy atom. The van der Waals surface area contributed by atoms with E-state index >= 15 is 0 Å². The maximum atomic E-state index is 13.4. The van der Waals surface area contributed by atoms with Crippen LogP contribution in [-0.2, 0) is 0 Å². The maximum absolute atomic E-state index is 13.4. The third-order valence-electron chi connectivity index (χ3n) is 2.08. The van der Waals surface area contributed by atoms with Crippen LogP contribution in [0.2, 0.25) is 0 Å². The zero-order valence-corrected chi connectivity index (χ0v) is 8.40. The van der Waals surface area contributed by atoms with Gasteiger partial charge in [0.2, 0.25) is 5.75 Å². The second-order valence-corrected chi connectivity index (χ2v) is 3.14. The Balaban J connectivity index is 3.05. The summed E-state index contributed by atoms with van der Waals surface area (Å²) in [5.41, 5.74) is 5.47. The molecule has 0 saturated carbocycles. The highest BCUT2D eigenvalue weighted by molar-refractivity contribution is 5.52. The second kappa shape index (κ2) is 4.84. The van der Waals surface area contributed by atoms with Crippen LogP contribution in [0.25, 0.3) is 0 Å². The lowest BCUT2D eigenvalue weighted by Gasteiger charge is -2.11. The average molecular weight is 215 g/mol. The van der Waals surface area contributed by atoms with Crippen molar-refractivity contribution in [3.8, 4) is 17.2 Å². The standard InChI is InChI=1S/C10H14FNO3/c1-15-9-5-6(7(11)2-3-12)4-8(13)10(9)14/h4-5,7,13-14H,2-3,12H2,1H3. The molecule has 0 bridgehead atoms. The van der Waals surface area contributed by atoms with E-state index in [4.69, 9.17) is 10.5 Å². The van der Waals surface area contributed by atoms with Crippen LogP contribution in [0.5, 0.6) is 17.2 Å². The molecule has 4 nitrogen and oxygen atoms in total. The SMILES string of the molecule is COc1cc(C(F)CCN)cc(O)c1O. The van der Waals surface area contributed by atoms with Crippen LogP contribution in [0, 0.1) is 0 Å². The molecule has 0 aliphatic rings. The van der Waals surface area contributed by atoms with E-state index in [1.807, 2.05) is 0 Å². The molecule has 5 heteroatoms. The van der Waals surface area contributed by atoms with Gasteiger partial charge in [0.15, 0.2) is 11.5 Å². The molecule has 1 atom stereocenters. The fourth-order valence-corrected chi connectivity index (χ4v) is 1.26. The molecule has 0 aliphatic carbocycles. The Labute approximate surface area is 87.1 Å². The van der Waals surface area contributed by atoms with Gasteiger partial charge in [-0.3, -0.25) is 0 Å². The Morgan fingerprint density at radius 2 is 2.13 bits per heavy atom. The van der Waals surface area contributed by atoms with Crippen molar-refractivity contribution in [2.45, 2.75) is 12.6 Å². The smallest absolute Gasteiger partial charge is 0.200 e. The number of aromatic hydroxyl groups is 2. The number of benzene rings is 1. The molecular weight excluding hydrogens is 201 g/mol. The second-order valence-electron chi connectivity index (χ2n) is 3.14. The minimum Gasteiger partial charge on any atom is -0.504 e. The summed E-state index contributed by atoms with van der Waals surface area (Å²) in [6.07, 6.45) is -1.11. The number of alkyl halides is 1. The minimum atomic E-state index is -1.27. The van der Waals surface area contributed by atoms with Gasteiger partial charge >= 0.3 is 0 Å². The van der Waals surface area contributed by atoms with E-state index in [0.29, 0.717) is 0 Å². The highest BCUT2D eigenvalue weighted by Gasteiger charge is 2.15. The monoisotopic (exact) mass is 215 g/mol. The Kier molecular flexibility index (Phi) is 3.74. The number of hydrogen-bond acceptors (Lipinski definition) is 4. The van der Waals surface area contributed by atoms with Gasteiger partial charge in [0.1, 0.15) is 6.17 Å². The third-order valence-corrected chi connectivity index (χ3v) is 2.08. The van der Waals surface area contributed by atoms with E-state index in [-0.39, 0.29) is 30.0 Å². The molecule has 0 heterocycles. The van der Waals surface area contributed by atoms with Crippen LogP contribution in [0.1, 0.15) is 18.2 Å². The van der Waals surface area contributed by atoms with E-state index in [9.17, 15) is 14.6 Å². The third kappa shape index (κ3) is 2.50. The summed E-state index contributed by atoms with van der Waals surface area (Å²) in [4.78, 5) is 0. The van der Waals surface area contributed by atoms with Crippen LogP contribution < -0.4 is 10.5 Å². The number of ether oxygens (including phenoxy) is 1. The van der Waals surface area contributed by atoms with Crippen LogP contribution in [0.3, 0.4) is 0 Å². The van der Waals surface area contributed by atoms with Crippen molar-refractivity contribution in [3.63, 3.8) is 0 Å². The van der Waals surface area contributed by atoms with Gasteiger partial charge in [0.25, 0.3) is 0 Å².